The van der Waals surface area contributed by atoms with Gasteiger partial charge in [-0.25, -0.2) is 23.1 Å². The van der Waals surface area contributed by atoms with Gasteiger partial charge < -0.3 is 14.8 Å². The highest BCUT2D eigenvalue weighted by Crippen LogP contribution is 2.37. The van der Waals surface area contributed by atoms with E-state index in [4.69, 9.17) is 9.47 Å². The summed E-state index contributed by atoms with van der Waals surface area (Å²) in [5.74, 6) is 1.53. The Kier molecular flexibility index (Phi) is 4.34. The number of ether oxygens (including phenoxy) is 2. The molecule has 3 aromatic heterocycles. The third-order valence-electron chi connectivity index (χ3n) is 4.97. The Hall–Kier alpha value is -3.96. The molecule has 1 N–H and O–H groups in total. The summed E-state index contributed by atoms with van der Waals surface area (Å²) in [6.07, 6.45) is 1.69. The Balaban J connectivity index is 1.56. The van der Waals surface area contributed by atoms with Crippen molar-refractivity contribution in [1.29, 1.82) is 0 Å². The highest BCUT2D eigenvalue weighted by molar-refractivity contribution is 5.75. The number of alkyl halides is 2. The van der Waals surface area contributed by atoms with E-state index < -0.39 is 18.7 Å². The summed E-state index contributed by atoms with van der Waals surface area (Å²) < 4.78 is 39.9. The van der Waals surface area contributed by atoms with Crippen molar-refractivity contribution in [1.82, 2.24) is 28.9 Å². The molecule has 0 atom stereocenters. The van der Waals surface area contributed by atoms with Gasteiger partial charge in [0.05, 0.1) is 18.1 Å². The van der Waals surface area contributed by atoms with E-state index in [0.717, 1.165) is 15.9 Å². The second-order valence-electron chi connectivity index (χ2n) is 7.04. The highest BCUT2D eigenvalue weighted by atomic mass is 19.3. The van der Waals surface area contributed by atoms with E-state index >= 15 is 0 Å². The zero-order valence-corrected chi connectivity index (χ0v) is 16.5. The van der Waals surface area contributed by atoms with E-state index in [-0.39, 0.29) is 12.7 Å². The molecule has 31 heavy (non-hydrogen) atoms. The number of halogens is 2. The predicted molar refractivity (Wildman–Crippen MR) is 106 cm³/mol. The van der Waals surface area contributed by atoms with Gasteiger partial charge in [-0.2, -0.15) is 10.1 Å². The summed E-state index contributed by atoms with van der Waals surface area (Å²) in [7, 11) is 1.59. The lowest BCUT2D eigenvalue weighted by Crippen LogP contribution is -2.20. The molecule has 0 amide bonds. The van der Waals surface area contributed by atoms with Crippen LogP contribution in [0.1, 0.15) is 5.56 Å². The third kappa shape index (κ3) is 3.25. The van der Waals surface area contributed by atoms with E-state index in [2.05, 4.69) is 20.4 Å². The maximum absolute atomic E-state index is 12.8. The van der Waals surface area contributed by atoms with Gasteiger partial charge in [0.2, 0.25) is 12.7 Å². The Morgan fingerprint density at radius 2 is 2.00 bits per heavy atom. The number of nitrogens with one attached hydrogen (secondary N) is 1. The molecule has 160 valence electrons. The molecule has 1 aliphatic rings. The summed E-state index contributed by atoms with van der Waals surface area (Å²) in [4.78, 5) is 21.6. The van der Waals surface area contributed by atoms with Gasteiger partial charge in [0, 0.05) is 25.0 Å². The second-order valence-corrected chi connectivity index (χ2v) is 7.04. The van der Waals surface area contributed by atoms with Gasteiger partial charge in [-0.1, -0.05) is 0 Å². The van der Waals surface area contributed by atoms with Gasteiger partial charge in [-0.15, -0.1) is 0 Å². The fraction of sp³-hybridized carbons (Fsp3) is 0.263. The largest absolute Gasteiger partial charge is 0.454 e. The molecule has 0 bridgehead atoms. The van der Waals surface area contributed by atoms with Gasteiger partial charge >= 0.3 is 5.69 Å². The first-order chi connectivity index (χ1) is 14.9. The molecule has 0 fully saturated rings. The van der Waals surface area contributed by atoms with E-state index in [1.54, 1.807) is 13.1 Å². The van der Waals surface area contributed by atoms with E-state index in [9.17, 15) is 13.6 Å². The van der Waals surface area contributed by atoms with Gasteiger partial charge in [0.15, 0.2) is 17.1 Å². The minimum atomic E-state index is -2.56. The van der Waals surface area contributed by atoms with E-state index in [1.807, 2.05) is 13.0 Å². The number of rotatable bonds is 5. The number of hydrogen-bond acceptors (Lipinski definition) is 7. The van der Waals surface area contributed by atoms with Crippen LogP contribution in [-0.2, 0) is 13.6 Å². The number of anilines is 2. The molecule has 10 nitrogen and oxygen atoms in total. The van der Waals surface area contributed by atoms with Crippen molar-refractivity contribution < 1.29 is 18.3 Å². The lowest BCUT2D eigenvalue weighted by molar-refractivity contribution is 0.122. The number of nitrogens with zero attached hydrogens (tertiary/aromatic N) is 6. The first-order valence-electron chi connectivity index (χ1n) is 9.33. The molecule has 0 unspecified atom stereocenters. The van der Waals surface area contributed by atoms with Crippen molar-refractivity contribution in [2.75, 3.05) is 12.1 Å². The minimum Gasteiger partial charge on any atom is -0.454 e. The fourth-order valence-corrected chi connectivity index (χ4v) is 3.41. The number of fused-ring (bicyclic) bond motifs is 2. The molecule has 0 spiro atoms. The van der Waals surface area contributed by atoms with Crippen LogP contribution in [-0.4, -0.2) is 42.1 Å². The summed E-state index contributed by atoms with van der Waals surface area (Å²) in [6.45, 7) is 1.50. The van der Waals surface area contributed by atoms with Gasteiger partial charge in [0.1, 0.15) is 12.1 Å². The van der Waals surface area contributed by atoms with Crippen molar-refractivity contribution in [3.8, 4) is 17.2 Å². The van der Waals surface area contributed by atoms with Crippen LogP contribution in [0.3, 0.4) is 0 Å². The average molecular weight is 429 g/mol. The third-order valence-corrected chi connectivity index (χ3v) is 4.97. The van der Waals surface area contributed by atoms with Gasteiger partial charge in [-0.05, 0) is 18.6 Å². The molecule has 1 aliphatic heterocycles. The van der Waals surface area contributed by atoms with Crippen LogP contribution in [0.25, 0.3) is 16.9 Å². The normalized spacial score (nSPS) is 12.8. The Morgan fingerprint density at radius 1 is 1.23 bits per heavy atom. The molecule has 1 aromatic carbocycles. The van der Waals surface area contributed by atoms with Crippen LogP contribution in [0.15, 0.2) is 35.5 Å². The highest BCUT2D eigenvalue weighted by Gasteiger charge is 2.19. The molecule has 0 radical (unpaired) electrons. The Morgan fingerprint density at radius 3 is 2.77 bits per heavy atom. The maximum atomic E-state index is 12.8. The molecular formula is C19H17F2N7O3. The zero-order chi connectivity index (χ0) is 21.7. The smallest absolute Gasteiger partial charge is 0.334 e. The van der Waals surface area contributed by atoms with Crippen LogP contribution in [0, 0.1) is 6.92 Å². The number of imidazole rings is 1. The second kappa shape index (κ2) is 7.07. The maximum Gasteiger partial charge on any atom is 0.334 e. The number of hydrogen-bond donors (Lipinski definition) is 1. The van der Waals surface area contributed by atoms with E-state index in [1.165, 1.54) is 27.7 Å². The lowest BCUT2D eigenvalue weighted by Gasteiger charge is -2.09. The van der Waals surface area contributed by atoms with Crippen LogP contribution < -0.4 is 20.5 Å². The fourth-order valence-electron chi connectivity index (χ4n) is 3.41. The van der Waals surface area contributed by atoms with Crippen LogP contribution in [0.4, 0.5) is 20.4 Å². The summed E-state index contributed by atoms with van der Waals surface area (Å²) in [5, 5.41) is 7.04. The van der Waals surface area contributed by atoms with Crippen molar-refractivity contribution in [3.63, 3.8) is 0 Å². The van der Waals surface area contributed by atoms with Crippen molar-refractivity contribution >= 4 is 22.8 Å². The summed E-state index contributed by atoms with van der Waals surface area (Å²) >= 11 is 0. The van der Waals surface area contributed by atoms with Crippen LogP contribution >= 0.6 is 0 Å². The molecular weight excluding hydrogens is 412 g/mol. The number of aryl methyl sites for hydroxylation is 2. The average Bonchev–Trinajstić information content (AvgIpc) is 3.41. The number of aromatic nitrogens is 6. The summed E-state index contributed by atoms with van der Waals surface area (Å²) in [5.41, 5.74) is 2.36. The quantitative estimate of drug-likeness (QED) is 0.520. The topological polar surface area (TPSA) is 101 Å². The van der Waals surface area contributed by atoms with Crippen molar-refractivity contribution in [2.45, 2.75) is 19.9 Å². The molecule has 12 heteroatoms. The van der Waals surface area contributed by atoms with Crippen LogP contribution in [0.2, 0.25) is 0 Å². The van der Waals surface area contributed by atoms with E-state index in [0.29, 0.717) is 28.4 Å². The standard InChI is InChI=1S/C19H17F2N7O3/c1-10-3-14-15(31-9-30-14)4-12(10)24-18-22-6-13-17(25-18)28(19(29)26(13)2)11-5-23-27(7-11)8-16(20)21/h3-7,16H,8-9H2,1-2H3,(H,22,24,25). The first kappa shape index (κ1) is 19.0. The molecule has 0 aliphatic carbocycles. The molecule has 0 saturated heterocycles. The van der Waals surface area contributed by atoms with Crippen molar-refractivity contribution in [3.05, 3.63) is 46.8 Å². The zero-order valence-electron chi connectivity index (χ0n) is 16.5. The Bertz CT molecular complexity index is 1360. The predicted octanol–water partition coefficient (Wildman–Crippen LogP) is 2.36. The van der Waals surface area contributed by atoms with Crippen LogP contribution in [0.5, 0.6) is 11.5 Å². The number of benzene rings is 1. The Labute approximate surface area is 173 Å². The van der Waals surface area contributed by atoms with Gasteiger partial charge in [0.25, 0.3) is 6.43 Å². The monoisotopic (exact) mass is 429 g/mol. The van der Waals surface area contributed by atoms with Gasteiger partial charge in [-0.3, -0.25) is 9.25 Å². The first-order valence-corrected chi connectivity index (χ1v) is 9.33. The molecule has 5 rings (SSSR count). The SMILES string of the molecule is Cc1cc2c(cc1Nc1ncc3c(n1)n(-c1cnn(CC(F)F)c1)c(=O)n3C)OCO2. The van der Waals surface area contributed by atoms with Crippen molar-refractivity contribution in [2.24, 2.45) is 7.05 Å². The lowest BCUT2D eigenvalue weighted by atomic mass is 10.2. The summed E-state index contributed by atoms with van der Waals surface area (Å²) in [6, 6.07) is 3.64. The molecule has 4 aromatic rings. The minimum absolute atomic E-state index is 0.163. The molecule has 0 saturated carbocycles. The molecule has 4 heterocycles.